The molecule has 2 atom stereocenters. The predicted octanol–water partition coefficient (Wildman–Crippen LogP) is 2.69. The summed E-state index contributed by atoms with van der Waals surface area (Å²) < 4.78 is 0. The molecule has 2 N–H and O–H groups in total. The lowest BCUT2D eigenvalue weighted by Crippen LogP contribution is -2.22. The van der Waals surface area contributed by atoms with Crippen molar-refractivity contribution in [1.82, 2.24) is 4.98 Å². The Morgan fingerprint density at radius 3 is 2.60 bits per heavy atom. The summed E-state index contributed by atoms with van der Waals surface area (Å²) in [5.41, 5.74) is 7.17. The Balaban J connectivity index is 2.60. The van der Waals surface area contributed by atoms with E-state index >= 15 is 0 Å². The quantitative estimate of drug-likeness (QED) is 0.809. The summed E-state index contributed by atoms with van der Waals surface area (Å²) in [4.78, 5) is 4.26. The number of nitrogens with two attached hydrogens (primary N) is 1. The van der Waals surface area contributed by atoms with Crippen LogP contribution in [-0.2, 0) is 0 Å². The van der Waals surface area contributed by atoms with Crippen molar-refractivity contribution in [2.45, 2.75) is 25.8 Å². The monoisotopic (exact) mass is 200 g/mol. The first-order valence-electron chi connectivity index (χ1n) is 5.28. The third-order valence-electron chi connectivity index (χ3n) is 2.98. The number of hydrogen-bond acceptors (Lipinski definition) is 2. The van der Waals surface area contributed by atoms with Crippen LogP contribution in [0.25, 0.3) is 10.8 Å². The van der Waals surface area contributed by atoms with Gasteiger partial charge in [-0.3, -0.25) is 4.98 Å². The highest BCUT2D eigenvalue weighted by molar-refractivity contribution is 5.85. The molecule has 0 amide bonds. The highest BCUT2D eigenvalue weighted by Crippen LogP contribution is 2.25. The minimum Gasteiger partial charge on any atom is -0.327 e. The second-order valence-corrected chi connectivity index (χ2v) is 4.10. The van der Waals surface area contributed by atoms with Crippen molar-refractivity contribution < 1.29 is 0 Å². The summed E-state index contributed by atoms with van der Waals surface area (Å²) in [5.74, 6) is 0.337. The van der Waals surface area contributed by atoms with Gasteiger partial charge in [0.05, 0.1) is 0 Å². The van der Waals surface area contributed by atoms with Gasteiger partial charge in [0.15, 0.2) is 0 Å². The van der Waals surface area contributed by atoms with Gasteiger partial charge in [0.1, 0.15) is 0 Å². The fraction of sp³-hybridized carbons (Fsp3) is 0.308. The Morgan fingerprint density at radius 2 is 1.87 bits per heavy atom. The second-order valence-electron chi connectivity index (χ2n) is 4.10. The van der Waals surface area contributed by atoms with Crippen molar-refractivity contribution in [3.8, 4) is 0 Å². The van der Waals surface area contributed by atoms with E-state index in [2.05, 4.69) is 30.1 Å². The van der Waals surface area contributed by atoms with Gasteiger partial charge < -0.3 is 5.73 Å². The predicted molar refractivity (Wildman–Crippen MR) is 63.8 cm³/mol. The maximum Gasteiger partial charge on any atom is 0.0346 e. The first-order valence-corrected chi connectivity index (χ1v) is 5.28. The van der Waals surface area contributed by atoms with Gasteiger partial charge in [-0.25, -0.2) is 0 Å². The average molecular weight is 200 g/mol. The lowest BCUT2D eigenvalue weighted by atomic mass is 9.92. The van der Waals surface area contributed by atoms with Crippen LogP contribution in [0, 0.1) is 0 Å². The zero-order valence-electron chi connectivity index (χ0n) is 9.14. The van der Waals surface area contributed by atoms with Crippen molar-refractivity contribution in [3.63, 3.8) is 0 Å². The van der Waals surface area contributed by atoms with Gasteiger partial charge in [0.2, 0.25) is 0 Å². The average Bonchev–Trinajstić information content (AvgIpc) is 2.27. The number of nitrogens with zero attached hydrogens (tertiary/aromatic N) is 1. The molecule has 2 unspecified atom stereocenters. The van der Waals surface area contributed by atoms with Crippen LogP contribution in [0.1, 0.15) is 25.3 Å². The minimum atomic E-state index is 0.151. The van der Waals surface area contributed by atoms with E-state index in [4.69, 9.17) is 5.73 Å². The minimum absolute atomic E-state index is 0.151. The van der Waals surface area contributed by atoms with E-state index in [0.29, 0.717) is 5.92 Å². The van der Waals surface area contributed by atoms with E-state index in [-0.39, 0.29) is 6.04 Å². The fourth-order valence-corrected chi connectivity index (χ4v) is 1.79. The third kappa shape index (κ3) is 1.85. The molecule has 0 fully saturated rings. The number of rotatable bonds is 2. The Morgan fingerprint density at radius 1 is 1.13 bits per heavy atom. The first-order chi connectivity index (χ1) is 7.20. The molecule has 0 aliphatic rings. The standard InChI is InChI=1S/C13H16N2/c1-9(10(2)14)13-8-15-7-11-5-3-4-6-12(11)13/h3-10H,14H2,1-2H3. The number of pyridine rings is 1. The SMILES string of the molecule is CC(N)C(C)c1cncc2ccccc12. The number of aromatic nitrogens is 1. The smallest absolute Gasteiger partial charge is 0.0346 e. The number of benzene rings is 1. The maximum atomic E-state index is 5.93. The number of hydrogen-bond donors (Lipinski definition) is 1. The van der Waals surface area contributed by atoms with Gasteiger partial charge in [-0.05, 0) is 23.8 Å². The van der Waals surface area contributed by atoms with Crippen LogP contribution in [-0.4, -0.2) is 11.0 Å². The molecule has 2 nitrogen and oxygen atoms in total. The third-order valence-corrected chi connectivity index (χ3v) is 2.98. The highest BCUT2D eigenvalue weighted by Gasteiger charge is 2.13. The first kappa shape index (κ1) is 10.1. The van der Waals surface area contributed by atoms with Gasteiger partial charge in [0, 0.05) is 23.8 Å². The largest absolute Gasteiger partial charge is 0.327 e. The van der Waals surface area contributed by atoms with Gasteiger partial charge >= 0.3 is 0 Å². The molecule has 2 aromatic rings. The molecule has 0 aliphatic carbocycles. The molecule has 0 spiro atoms. The lowest BCUT2D eigenvalue weighted by Gasteiger charge is -2.17. The van der Waals surface area contributed by atoms with Gasteiger partial charge in [-0.15, -0.1) is 0 Å². The summed E-state index contributed by atoms with van der Waals surface area (Å²) in [5, 5.41) is 2.44. The van der Waals surface area contributed by atoms with E-state index in [0.717, 1.165) is 0 Å². The molecule has 2 heteroatoms. The Kier molecular flexibility index (Phi) is 2.69. The zero-order valence-corrected chi connectivity index (χ0v) is 9.14. The Hall–Kier alpha value is -1.41. The molecule has 0 saturated heterocycles. The summed E-state index contributed by atoms with van der Waals surface area (Å²) in [6.07, 6.45) is 3.82. The van der Waals surface area contributed by atoms with E-state index in [1.165, 1.54) is 16.3 Å². The van der Waals surface area contributed by atoms with Crippen LogP contribution in [0.2, 0.25) is 0 Å². The molecule has 2 rings (SSSR count). The van der Waals surface area contributed by atoms with E-state index in [1.54, 1.807) is 0 Å². The fourth-order valence-electron chi connectivity index (χ4n) is 1.79. The van der Waals surface area contributed by atoms with E-state index in [1.807, 2.05) is 25.4 Å². The molecule has 0 saturated carbocycles. The molecule has 78 valence electrons. The maximum absolute atomic E-state index is 5.93. The molecular formula is C13H16N2. The highest BCUT2D eigenvalue weighted by atomic mass is 14.7. The van der Waals surface area contributed by atoms with Crippen LogP contribution >= 0.6 is 0 Å². The number of fused-ring (bicyclic) bond motifs is 1. The van der Waals surface area contributed by atoms with Crippen LogP contribution < -0.4 is 5.73 Å². The molecule has 0 aliphatic heterocycles. The molecule has 1 aromatic heterocycles. The molecule has 1 aromatic carbocycles. The zero-order chi connectivity index (χ0) is 10.8. The molecular weight excluding hydrogens is 184 g/mol. The molecule has 0 radical (unpaired) electrons. The Bertz CT molecular complexity index is 458. The summed E-state index contributed by atoms with van der Waals surface area (Å²) in [7, 11) is 0. The van der Waals surface area contributed by atoms with Crippen LogP contribution in [0.15, 0.2) is 36.7 Å². The molecule has 15 heavy (non-hydrogen) atoms. The van der Waals surface area contributed by atoms with E-state index < -0.39 is 0 Å². The normalized spacial score (nSPS) is 15.1. The molecule has 1 heterocycles. The lowest BCUT2D eigenvalue weighted by molar-refractivity contribution is 0.615. The molecule has 0 bridgehead atoms. The summed E-state index contributed by atoms with van der Waals surface area (Å²) in [6.45, 7) is 4.18. The van der Waals surface area contributed by atoms with Gasteiger partial charge in [-0.1, -0.05) is 31.2 Å². The second kappa shape index (κ2) is 3.99. The van der Waals surface area contributed by atoms with Crippen molar-refractivity contribution in [2.75, 3.05) is 0 Å². The summed E-state index contributed by atoms with van der Waals surface area (Å²) >= 11 is 0. The van der Waals surface area contributed by atoms with Crippen molar-refractivity contribution in [3.05, 3.63) is 42.2 Å². The topological polar surface area (TPSA) is 38.9 Å². The summed E-state index contributed by atoms with van der Waals surface area (Å²) in [6, 6.07) is 8.45. The van der Waals surface area contributed by atoms with Gasteiger partial charge in [0.25, 0.3) is 0 Å². The van der Waals surface area contributed by atoms with Crippen LogP contribution in [0.4, 0.5) is 0 Å². The van der Waals surface area contributed by atoms with Crippen molar-refractivity contribution >= 4 is 10.8 Å². The van der Waals surface area contributed by atoms with Crippen LogP contribution in [0.5, 0.6) is 0 Å². The Labute approximate surface area is 90.1 Å². The van der Waals surface area contributed by atoms with Crippen LogP contribution in [0.3, 0.4) is 0 Å². The van der Waals surface area contributed by atoms with Crippen molar-refractivity contribution in [1.29, 1.82) is 0 Å². The van der Waals surface area contributed by atoms with E-state index in [9.17, 15) is 0 Å². The van der Waals surface area contributed by atoms with Crippen molar-refractivity contribution in [2.24, 2.45) is 5.73 Å². The van der Waals surface area contributed by atoms with Gasteiger partial charge in [-0.2, -0.15) is 0 Å².